The van der Waals surface area contributed by atoms with Crippen LogP contribution in [0.4, 0.5) is 5.69 Å². The number of hydrogen-bond donors (Lipinski definition) is 1. The number of anilines is 1. The number of nitrogens with zero attached hydrogens (tertiary/aromatic N) is 3. The minimum absolute atomic E-state index is 0.0745. The van der Waals surface area contributed by atoms with Crippen molar-refractivity contribution in [3.05, 3.63) is 29.8 Å². The summed E-state index contributed by atoms with van der Waals surface area (Å²) >= 11 is 0. The Morgan fingerprint density at radius 2 is 1.90 bits per heavy atom. The molecule has 112 valence electrons. The van der Waals surface area contributed by atoms with E-state index in [-0.39, 0.29) is 18.4 Å². The summed E-state index contributed by atoms with van der Waals surface area (Å²) in [6, 6.07) is 8.34. The lowest BCUT2D eigenvalue weighted by Gasteiger charge is -2.24. The first kappa shape index (κ1) is 16.7. The molecule has 6 nitrogen and oxygen atoms in total. The van der Waals surface area contributed by atoms with Gasteiger partial charge in [-0.1, -0.05) is 12.1 Å². The number of nitrogens with one attached hydrogen (secondary N) is 1. The third-order valence-electron chi connectivity index (χ3n) is 3.23. The predicted octanol–water partition coefficient (Wildman–Crippen LogP) is 0.905. The fraction of sp³-hybridized carbons (Fsp3) is 0.400. The Balaban J connectivity index is 2.71. The second kappa shape index (κ2) is 7.41. The largest absolute Gasteiger partial charge is 0.348 e. The van der Waals surface area contributed by atoms with Crippen LogP contribution in [-0.2, 0) is 9.59 Å². The molecule has 0 saturated heterocycles. The highest BCUT2D eigenvalue weighted by Crippen LogP contribution is 2.14. The summed E-state index contributed by atoms with van der Waals surface area (Å²) in [6.45, 7) is 1.87. The van der Waals surface area contributed by atoms with Gasteiger partial charge in [-0.3, -0.25) is 14.5 Å². The minimum Gasteiger partial charge on any atom is -0.348 e. The van der Waals surface area contributed by atoms with E-state index in [4.69, 9.17) is 5.26 Å². The average molecular weight is 288 g/mol. The second-order valence-electron chi connectivity index (χ2n) is 5.03. The average Bonchev–Trinajstić information content (AvgIpc) is 2.46. The number of likely N-dealkylation sites (N-methyl/N-ethyl adjacent to an activating group) is 2. The SMILES string of the molecule is CC(C(=O)Nc1ccccc1C#N)N(C)CC(=O)N(C)C. The van der Waals surface area contributed by atoms with Crippen LogP contribution in [0.25, 0.3) is 0 Å². The van der Waals surface area contributed by atoms with Crippen molar-refractivity contribution in [3.63, 3.8) is 0 Å². The van der Waals surface area contributed by atoms with Crippen molar-refractivity contribution in [2.24, 2.45) is 0 Å². The van der Waals surface area contributed by atoms with Gasteiger partial charge >= 0.3 is 0 Å². The first-order valence-corrected chi connectivity index (χ1v) is 6.57. The van der Waals surface area contributed by atoms with Crippen LogP contribution in [0.5, 0.6) is 0 Å². The number of para-hydroxylation sites is 1. The van der Waals surface area contributed by atoms with Crippen LogP contribution >= 0.6 is 0 Å². The van der Waals surface area contributed by atoms with E-state index in [0.717, 1.165) is 0 Å². The van der Waals surface area contributed by atoms with Gasteiger partial charge in [-0.25, -0.2) is 0 Å². The third kappa shape index (κ3) is 4.58. The molecule has 0 bridgehead atoms. The molecule has 1 aromatic rings. The van der Waals surface area contributed by atoms with Crippen molar-refractivity contribution in [3.8, 4) is 6.07 Å². The van der Waals surface area contributed by atoms with Crippen LogP contribution in [0.15, 0.2) is 24.3 Å². The summed E-state index contributed by atoms with van der Waals surface area (Å²) in [5.74, 6) is -0.332. The Morgan fingerprint density at radius 3 is 2.48 bits per heavy atom. The maximum atomic E-state index is 12.2. The van der Waals surface area contributed by atoms with Crippen molar-refractivity contribution >= 4 is 17.5 Å². The molecule has 6 heteroatoms. The zero-order valence-electron chi connectivity index (χ0n) is 12.8. The van der Waals surface area contributed by atoms with Gasteiger partial charge in [-0.2, -0.15) is 5.26 Å². The molecule has 0 aliphatic heterocycles. The summed E-state index contributed by atoms with van der Waals surface area (Å²) < 4.78 is 0. The van der Waals surface area contributed by atoms with E-state index < -0.39 is 6.04 Å². The second-order valence-corrected chi connectivity index (χ2v) is 5.03. The molecule has 0 fully saturated rings. The molecule has 1 rings (SSSR count). The van der Waals surface area contributed by atoms with Gasteiger partial charge < -0.3 is 10.2 Å². The fourth-order valence-electron chi connectivity index (χ4n) is 1.62. The molecule has 21 heavy (non-hydrogen) atoms. The molecule has 0 spiro atoms. The standard InChI is InChI=1S/C15H20N4O2/c1-11(19(4)10-14(20)18(2)3)15(21)17-13-8-6-5-7-12(13)9-16/h5-8,11H,10H2,1-4H3,(H,17,21). The molecule has 1 unspecified atom stereocenters. The van der Waals surface area contributed by atoms with Crippen molar-refractivity contribution in [1.82, 2.24) is 9.80 Å². The molecule has 0 aliphatic rings. The number of nitriles is 1. The number of hydrogen-bond acceptors (Lipinski definition) is 4. The monoisotopic (exact) mass is 288 g/mol. The maximum Gasteiger partial charge on any atom is 0.241 e. The first-order valence-electron chi connectivity index (χ1n) is 6.57. The maximum absolute atomic E-state index is 12.2. The van der Waals surface area contributed by atoms with Crippen LogP contribution in [0.1, 0.15) is 12.5 Å². The first-order chi connectivity index (χ1) is 9.86. The highest BCUT2D eigenvalue weighted by Gasteiger charge is 2.21. The summed E-state index contributed by atoms with van der Waals surface area (Å²) in [4.78, 5) is 27.0. The lowest BCUT2D eigenvalue weighted by atomic mass is 10.2. The molecule has 1 atom stereocenters. The predicted molar refractivity (Wildman–Crippen MR) is 80.6 cm³/mol. The molecule has 1 aromatic carbocycles. The van der Waals surface area contributed by atoms with Gasteiger partial charge in [0.1, 0.15) is 6.07 Å². The quantitative estimate of drug-likeness (QED) is 0.873. The topological polar surface area (TPSA) is 76.4 Å². The Hall–Kier alpha value is -2.39. The number of amides is 2. The zero-order chi connectivity index (χ0) is 16.0. The highest BCUT2D eigenvalue weighted by atomic mass is 16.2. The Morgan fingerprint density at radius 1 is 1.29 bits per heavy atom. The van der Waals surface area contributed by atoms with E-state index in [0.29, 0.717) is 11.3 Å². The molecule has 0 heterocycles. The van der Waals surface area contributed by atoms with Gasteiger partial charge in [0, 0.05) is 14.1 Å². The van der Waals surface area contributed by atoms with Gasteiger partial charge in [0.2, 0.25) is 11.8 Å². The van der Waals surface area contributed by atoms with E-state index in [1.54, 1.807) is 57.2 Å². The van der Waals surface area contributed by atoms with E-state index in [2.05, 4.69) is 5.32 Å². The molecule has 2 amide bonds. The van der Waals surface area contributed by atoms with Gasteiger partial charge in [0.05, 0.1) is 23.8 Å². The number of rotatable bonds is 5. The summed E-state index contributed by atoms with van der Waals surface area (Å²) in [5.41, 5.74) is 0.884. The van der Waals surface area contributed by atoms with Gasteiger partial charge in [-0.05, 0) is 26.1 Å². The molecule has 1 N–H and O–H groups in total. The Bertz CT molecular complexity index is 563. The Kier molecular flexibility index (Phi) is 5.88. The van der Waals surface area contributed by atoms with Gasteiger partial charge in [0.15, 0.2) is 0 Å². The van der Waals surface area contributed by atoms with Crippen LogP contribution < -0.4 is 5.32 Å². The molecule has 0 aliphatic carbocycles. The molecular formula is C15H20N4O2. The van der Waals surface area contributed by atoms with E-state index >= 15 is 0 Å². The zero-order valence-corrected chi connectivity index (χ0v) is 12.8. The lowest BCUT2D eigenvalue weighted by Crippen LogP contribution is -2.44. The normalized spacial score (nSPS) is 11.6. The lowest BCUT2D eigenvalue weighted by molar-refractivity contribution is -0.131. The van der Waals surface area contributed by atoms with Gasteiger partial charge in [-0.15, -0.1) is 0 Å². The van der Waals surface area contributed by atoms with Crippen LogP contribution in [0.3, 0.4) is 0 Å². The molecule has 0 radical (unpaired) electrons. The molecule has 0 aromatic heterocycles. The molecule has 0 saturated carbocycles. The van der Waals surface area contributed by atoms with Crippen molar-refractivity contribution < 1.29 is 9.59 Å². The minimum atomic E-state index is -0.486. The smallest absolute Gasteiger partial charge is 0.241 e. The van der Waals surface area contributed by atoms with Crippen LogP contribution in [-0.4, -0.2) is 55.3 Å². The van der Waals surface area contributed by atoms with Crippen LogP contribution in [0.2, 0.25) is 0 Å². The summed E-state index contributed by atoms with van der Waals surface area (Å²) in [7, 11) is 5.05. The van der Waals surface area contributed by atoms with Crippen molar-refractivity contribution in [1.29, 1.82) is 5.26 Å². The van der Waals surface area contributed by atoms with Crippen molar-refractivity contribution in [2.45, 2.75) is 13.0 Å². The van der Waals surface area contributed by atoms with E-state index in [1.165, 1.54) is 4.90 Å². The Labute approximate surface area is 125 Å². The van der Waals surface area contributed by atoms with E-state index in [9.17, 15) is 9.59 Å². The van der Waals surface area contributed by atoms with Crippen LogP contribution in [0, 0.1) is 11.3 Å². The number of carbonyl (C=O) groups excluding carboxylic acids is 2. The van der Waals surface area contributed by atoms with Gasteiger partial charge in [0.25, 0.3) is 0 Å². The highest BCUT2D eigenvalue weighted by molar-refractivity contribution is 5.96. The summed E-state index contributed by atoms with van der Waals surface area (Å²) in [6.07, 6.45) is 0. The number of benzene rings is 1. The van der Waals surface area contributed by atoms with E-state index in [1.807, 2.05) is 6.07 Å². The van der Waals surface area contributed by atoms with Crippen molar-refractivity contribution in [2.75, 3.05) is 33.0 Å². The fourth-order valence-corrected chi connectivity index (χ4v) is 1.62. The molecular weight excluding hydrogens is 268 g/mol. The number of carbonyl (C=O) groups is 2. The third-order valence-corrected chi connectivity index (χ3v) is 3.23. The summed E-state index contributed by atoms with van der Waals surface area (Å²) in [5, 5.41) is 11.7.